The highest BCUT2D eigenvalue weighted by molar-refractivity contribution is 7.91. The molecule has 0 saturated carbocycles. The smallest absolute Gasteiger partial charge is 0.213 e. The summed E-state index contributed by atoms with van der Waals surface area (Å²) in [6.07, 6.45) is 1.62. The molecule has 0 aromatic heterocycles. The predicted molar refractivity (Wildman–Crippen MR) is 89.9 cm³/mol. The van der Waals surface area contributed by atoms with Crippen LogP contribution in [0.1, 0.15) is 26.7 Å². The van der Waals surface area contributed by atoms with Gasteiger partial charge in [0.05, 0.1) is 13.2 Å². The summed E-state index contributed by atoms with van der Waals surface area (Å²) in [6.45, 7) is 4.90. The molecule has 2 aromatic carbocycles. The number of hydrogen-bond donors (Lipinski definition) is 0. The molecule has 0 spiro atoms. The largest absolute Gasteiger partial charge is 0.492 e. The van der Waals surface area contributed by atoms with Crippen LogP contribution < -0.4 is 9.47 Å². The van der Waals surface area contributed by atoms with Gasteiger partial charge in [0.1, 0.15) is 21.3 Å². The number of para-hydroxylation sites is 2. The van der Waals surface area contributed by atoms with Gasteiger partial charge in [-0.05, 0) is 37.1 Å². The maximum absolute atomic E-state index is 13.0. The summed E-state index contributed by atoms with van der Waals surface area (Å²) in [4.78, 5) is 0.335. The van der Waals surface area contributed by atoms with Gasteiger partial charge < -0.3 is 9.47 Å². The third-order valence-electron chi connectivity index (χ3n) is 3.20. The van der Waals surface area contributed by atoms with Gasteiger partial charge in [-0.3, -0.25) is 0 Å². The predicted octanol–water partition coefficient (Wildman–Crippen LogP) is 4.10. The molecule has 0 fully saturated rings. The van der Waals surface area contributed by atoms with Gasteiger partial charge >= 0.3 is 0 Å². The molecule has 0 N–H and O–H groups in total. The SMILES string of the molecule is CCCOc1ccccc1S(=O)(=O)c1ccccc1OCCC. The standard InChI is InChI=1S/C18H22O4S/c1-3-13-21-15-9-5-7-11-17(15)23(19,20)18-12-8-6-10-16(18)22-14-4-2/h5-12H,3-4,13-14H2,1-2H3. The van der Waals surface area contributed by atoms with Crippen molar-refractivity contribution in [3.05, 3.63) is 48.5 Å². The first kappa shape index (κ1) is 17.3. The van der Waals surface area contributed by atoms with E-state index in [1.165, 1.54) is 0 Å². The second-order valence-corrected chi connectivity index (χ2v) is 6.98. The van der Waals surface area contributed by atoms with E-state index < -0.39 is 9.84 Å². The van der Waals surface area contributed by atoms with E-state index in [0.717, 1.165) is 12.8 Å². The van der Waals surface area contributed by atoms with Gasteiger partial charge in [0.25, 0.3) is 0 Å². The minimum absolute atomic E-state index is 0.168. The Labute approximate surface area is 138 Å². The molecule has 2 rings (SSSR count). The van der Waals surface area contributed by atoms with Crippen LogP contribution in [-0.4, -0.2) is 21.6 Å². The van der Waals surface area contributed by atoms with Crippen LogP contribution in [0.15, 0.2) is 58.3 Å². The fourth-order valence-corrected chi connectivity index (χ4v) is 3.66. The van der Waals surface area contributed by atoms with E-state index in [2.05, 4.69) is 0 Å². The minimum atomic E-state index is -3.71. The molecule has 0 bridgehead atoms. The first-order valence-electron chi connectivity index (χ1n) is 7.80. The number of ether oxygens (including phenoxy) is 2. The molecular weight excluding hydrogens is 312 g/mol. The third kappa shape index (κ3) is 4.05. The zero-order valence-corrected chi connectivity index (χ0v) is 14.3. The molecule has 0 aliphatic rings. The summed E-state index contributed by atoms with van der Waals surface area (Å²) in [7, 11) is -3.71. The molecule has 5 heteroatoms. The van der Waals surface area contributed by atoms with Crippen LogP contribution in [0.5, 0.6) is 11.5 Å². The average Bonchev–Trinajstić information content (AvgIpc) is 2.58. The van der Waals surface area contributed by atoms with E-state index >= 15 is 0 Å². The van der Waals surface area contributed by atoms with Crippen LogP contribution in [0.3, 0.4) is 0 Å². The number of benzene rings is 2. The molecule has 0 heterocycles. The summed E-state index contributed by atoms with van der Waals surface area (Å²) in [5.74, 6) is 0.749. The fraction of sp³-hybridized carbons (Fsp3) is 0.333. The van der Waals surface area contributed by atoms with Crippen LogP contribution >= 0.6 is 0 Å². The molecule has 4 nitrogen and oxygen atoms in total. The van der Waals surface area contributed by atoms with E-state index in [1.807, 2.05) is 13.8 Å². The molecule has 0 amide bonds. The molecule has 0 saturated heterocycles. The van der Waals surface area contributed by atoms with E-state index in [0.29, 0.717) is 24.7 Å². The number of hydrogen-bond acceptors (Lipinski definition) is 4. The highest BCUT2D eigenvalue weighted by atomic mass is 32.2. The Balaban J connectivity index is 2.47. The lowest BCUT2D eigenvalue weighted by Crippen LogP contribution is -2.08. The van der Waals surface area contributed by atoms with Crippen LogP contribution in [0.2, 0.25) is 0 Å². The molecular formula is C18H22O4S. The maximum Gasteiger partial charge on any atom is 0.213 e. The Kier molecular flexibility index (Phi) is 6.04. The maximum atomic E-state index is 13.0. The number of sulfone groups is 1. The Hall–Kier alpha value is -2.01. The van der Waals surface area contributed by atoms with Gasteiger partial charge in [0, 0.05) is 0 Å². The second-order valence-electron chi connectivity index (χ2n) is 5.09. The van der Waals surface area contributed by atoms with Gasteiger partial charge in [-0.15, -0.1) is 0 Å². The Morgan fingerprint density at radius 3 is 1.52 bits per heavy atom. The lowest BCUT2D eigenvalue weighted by Gasteiger charge is -2.14. The quantitative estimate of drug-likeness (QED) is 0.729. The molecule has 0 atom stereocenters. The highest BCUT2D eigenvalue weighted by Gasteiger charge is 2.25. The summed E-state index contributed by atoms with van der Waals surface area (Å²) in [6, 6.07) is 13.4. The normalized spacial score (nSPS) is 11.2. The first-order chi connectivity index (χ1) is 11.1. The van der Waals surface area contributed by atoms with Crippen molar-refractivity contribution in [2.24, 2.45) is 0 Å². The number of rotatable bonds is 8. The second kappa shape index (κ2) is 8.02. The summed E-state index contributed by atoms with van der Waals surface area (Å²) >= 11 is 0. The van der Waals surface area contributed by atoms with Crippen molar-refractivity contribution in [3.8, 4) is 11.5 Å². The zero-order valence-electron chi connectivity index (χ0n) is 13.5. The van der Waals surface area contributed by atoms with Gasteiger partial charge in [0.2, 0.25) is 9.84 Å². The average molecular weight is 334 g/mol. The van der Waals surface area contributed by atoms with Crippen molar-refractivity contribution in [1.82, 2.24) is 0 Å². The van der Waals surface area contributed by atoms with E-state index in [4.69, 9.17) is 9.47 Å². The van der Waals surface area contributed by atoms with Crippen LogP contribution in [0.25, 0.3) is 0 Å². The summed E-state index contributed by atoms with van der Waals surface area (Å²) in [5.41, 5.74) is 0. The van der Waals surface area contributed by atoms with Gasteiger partial charge in [-0.2, -0.15) is 0 Å². The van der Waals surface area contributed by atoms with Crippen molar-refractivity contribution in [2.75, 3.05) is 13.2 Å². The van der Waals surface area contributed by atoms with Gasteiger partial charge in [0.15, 0.2) is 0 Å². The Morgan fingerprint density at radius 2 is 1.13 bits per heavy atom. The van der Waals surface area contributed by atoms with Gasteiger partial charge in [-0.25, -0.2) is 8.42 Å². The fourth-order valence-electron chi connectivity index (χ4n) is 2.13. The molecule has 0 aliphatic heterocycles. The van der Waals surface area contributed by atoms with E-state index in [1.54, 1.807) is 48.5 Å². The van der Waals surface area contributed by atoms with Crippen molar-refractivity contribution in [1.29, 1.82) is 0 Å². The molecule has 0 radical (unpaired) electrons. The highest BCUT2D eigenvalue weighted by Crippen LogP contribution is 2.34. The van der Waals surface area contributed by atoms with E-state index in [9.17, 15) is 8.42 Å². The molecule has 0 unspecified atom stereocenters. The monoisotopic (exact) mass is 334 g/mol. The van der Waals surface area contributed by atoms with Crippen molar-refractivity contribution in [3.63, 3.8) is 0 Å². The molecule has 124 valence electrons. The van der Waals surface area contributed by atoms with Gasteiger partial charge in [-0.1, -0.05) is 38.1 Å². The Morgan fingerprint density at radius 1 is 0.739 bits per heavy atom. The molecule has 23 heavy (non-hydrogen) atoms. The van der Waals surface area contributed by atoms with Crippen molar-refractivity contribution >= 4 is 9.84 Å². The lowest BCUT2D eigenvalue weighted by atomic mass is 10.3. The van der Waals surface area contributed by atoms with Crippen molar-refractivity contribution in [2.45, 2.75) is 36.5 Å². The topological polar surface area (TPSA) is 52.6 Å². The summed E-state index contributed by atoms with van der Waals surface area (Å²) in [5, 5.41) is 0. The minimum Gasteiger partial charge on any atom is -0.492 e. The van der Waals surface area contributed by atoms with E-state index in [-0.39, 0.29) is 9.79 Å². The lowest BCUT2D eigenvalue weighted by molar-refractivity contribution is 0.307. The van der Waals surface area contributed by atoms with Crippen molar-refractivity contribution < 1.29 is 17.9 Å². The molecule has 0 aliphatic carbocycles. The Bertz CT molecular complexity index is 681. The first-order valence-corrected chi connectivity index (χ1v) is 9.28. The van der Waals surface area contributed by atoms with Crippen LogP contribution in [-0.2, 0) is 9.84 Å². The third-order valence-corrected chi connectivity index (χ3v) is 5.03. The zero-order chi connectivity index (χ0) is 16.7. The molecule has 2 aromatic rings. The van der Waals surface area contributed by atoms with Crippen LogP contribution in [0, 0.1) is 0 Å². The van der Waals surface area contributed by atoms with Crippen LogP contribution in [0.4, 0.5) is 0 Å². The summed E-state index contributed by atoms with van der Waals surface area (Å²) < 4.78 is 37.3.